The lowest BCUT2D eigenvalue weighted by molar-refractivity contribution is 0.0662. The van der Waals surface area contributed by atoms with Crippen LogP contribution in [-0.4, -0.2) is 41.9 Å². The van der Waals surface area contributed by atoms with Gasteiger partial charge in [-0.3, -0.25) is 10.1 Å². The van der Waals surface area contributed by atoms with Crippen molar-refractivity contribution in [2.45, 2.75) is 38.1 Å². The van der Waals surface area contributed by atoms with E-state index in [-0.39, 0.29) is 5.91 Å². The summed E-state index contributed by atoms with van der Waals surface area (Å²) in [6.45, 7) is 4.73. The summed E-state index contributed by atoms with van der Waals surface area (Å²) in [7, 11) is 0. The number of carbonyl (C=O) groups excluding carboxylic acids is 1. The second-order valence-electron chi connectivity index (χ2n) is 7.12. The van der Waals surface area contributed by atoms with Gasteiger partial charge in [0, 0.05) is 30.7 Å². The molecular weight excluding hydrogens is 348 g/mol. The van der Waals surface area contributed by atoms with Crippen LogP contribution in [0.1, 0.15) is 46.1 Å². The average Bonchev–Trinajstić information content (AvgIpc) is 3.34. The zero-order valence-electron chi connectivity index (χ0n) is 14.9. The number of nitrogens with one attached hydrogen (secondary N) is 2. The average molecular weight is 372 g/mol. The molecule has 1 unspecified atom stereocenters. The number of hydrogen-bond donors (Lipinski definition) is 2. The van der Waals surface area contributed by atoms with Gasteiger partial charge in [0.15, 0.2) is 0 Å². The predicted octanol–water partition coefficient (Wildman–Crippen LogP) is 2.97. The summed E-state index contributed by atoms with van der Waals surface area (Å²) >= 11 is 1.38. The Hall–Kier alpha value is -1.83. The summed E-state index contributed by atoms with van der Waals surface area (Å²) in [4.78, 5) is 12.4. The van der Waals surface area contributed by atoms with Crippen molar-refractivity contribution in [3.63, 3.8) is 0 Å². The molecule has 0 bridgehead atoms. The lowest BCUT2D eigenvalue weighted by atomic mass is 10.0. The molecule has 6 nitrogen and oxygen atoms in total. The van der Waals surface area contributed by atoms with Gasteiger partial charge in [0.05, 0.1) is 0 Å². The number of nitrogens with zero attached hydrogens (tertiary/aromatic N) is 2. The van der Waals surface area contributed by atoms with Crippen molar-refractivity contribution in [1.29, 1.82) is 0 Å². The predicted molar refractivity (Wildman–Crippen MR) is 102 cm³/mol. The number of hydrogen-bond acceptors (Lipinski definition) is 6. The van der Waals surface area contributed by atoms with Crippen LogP contribution in [0.15, 0.2) is 24.3 Å². The van der Waals surface area contributed by atoms with Gasteiger partial charge in [0.2, 0.25) is 5.13 Å². The second-order valence-corrected chi connectivity index (χ2v) is 8.30. The molecule has 2 fully saturated rings. The van der Waals surface area contributed by atoms with Gasteiger partial charge < -0.3 is 10.1 Å². The molecule has 1 aliphatic carbocycles. The topological polar surface area (TPSA) is 76.1 Å². The first-order valence-electron chi connectivity index (χ1n) is 9.21. The minimum Gasteiger partial charge on any atom is -0.381 e. The Kier molecular flexibility index (Phi) is 5.28. The van der Waals surface area contributed by atoms with Crippen molar-refractivity contribution in [3.8, 4) is 0 Å². The number of ether oxygens (including phenoxy) is 1. The number of benzene rings is 1. The number of carbonyl (C=O) groups is 1. The van der Waals surface area contributed by atoms with Gasteiger partial charge in [-0.05, 0) is 56.3 Å². The molecule has 2 atom stereocenters. The SMILES string of the molecule is Cc1nnc(NC(=O)c2cccc([C@@H]3CC3NCC3CCOCC3)c2)s1. The molecule has 0 spiro atoms. The Balaban J connectivity index is 1.32. The smallest absolute Gasteiger partial charge is 0.257 e. The quantitative estimate of drug-likeness (QED) is 0.815. The normalized spacial score (nSPS) is 23.0. The second kappa shape index (κ2) is 7.82. The van der Waals surface area contributed by atoms with Gasteiger partial charge >= 0.3 is 0 Å². The fourth-order valence-corrected chi connectivity index (χ4v) is 4.07. The van der Waals surface area contributed by atoms with Crippen LogP contribution in [0.25, 0.3) is 0 Å². The Morgan fingerprint density at radius 2 is 2.15 bits per heavy atom. The van der Waals surface area contributed by atoms with Crippen LogP contribution < -0.4 is 10.6 Å². The molecule has 4 rings (SSSR count). The molecule has 7 heteroatoms. The minimum absolute atomic E-state index is 0.129. The van der Waals surface area contributed by atoms with Crippen LogP contribution in [0.4, 0.5) is 5.13 Å². The van der Waals surface area contributed by atoms with Crippen molar-refractivity contribution in [1.82, 2.24) is 15.5 Å². The fraction of sp³-hybridized carbons (Fsp3) is 0.526. The first kappa shape index (κ1) is 17.6. The van der Waals surface area contributed by atoms with E-state index in [0.29, 0.717) is 22.7 Å². The highest BCUT2D eigenvalue weighted by Crippen LogP contribution is 2.41. The summed E-state index contributed by atoms with van der Waals surface area (Å²) in [5.74, 6) is 1.11. The number of aromatic nitrogens is 2. The molecule has 1 saturated heterocycles. The van der Waals surface area contributed by atoms with Crippen molar-refractivity contribution in [3.05, 3.63) is 40.4 Å². The highest BCUT2D eigenvalue weighted by Gasteiger charge is 2.38. The highest BCUT2D eigenvalue weighted by atomic mass is 32.1. The van der Waals surface area contributed by atoms with E-state index in [0.717, 1.165) is 49.9 Å². The maximum absolute atomic E-state index is 12.4. The molecule has 26 heavy (non-hydrogen) atoms. The standard InChI is InChI=1S/C19H24N4O2S/c1-12-22-23-19(26-12)21-18(24)15-4-2-3-14(9-15)16-10-17(16)20-11-13-5-7-25-8-6-13/h2-4,9,13,16-17,20H,5-8,10-11H2,1H3,(H,21,23,24)/t16-,17?/m0/s1. The van der Waals surface area contributed by atoms with Crippen LogP contribution in [0.3, 0.4) is 0 Å². The lowest BCUT2D eigenvalue weighted by Gasteiger charge is -2.22. The zero-order chi connectivity index (χ0) is 17.9. The van der Waals surface area contributed by atoms with E-state index in [1.807, 2.05) is 25.1 Å². The van der Waals surface area contributed by atoms with E-state index in [4.69, 9.17) is 4.74 Å². The molecule has 2 N–H and O–H groups in total. The van der Waals surface area contributed by atoms with Gasteiger partial charge in [0.1, 0.15) is 5.01 Å². The van der Waals surface area contributed by atoms with Gasteiger partial charge in [-0.1, -0.05) is 23.5 Å². The van der Waals surface area contributed by atoms with Crippen LogP contribution in [-0.2, 0) is 4.74 Å². The van der Waals surface area contributed by atoms with E-state index >= 15 is 0 Å². The summed E-state index contributed by atoms with van der Waals surface area (Å²) in [5, 5.41) is 15.8. The molecule has 2 aliphatic rings. The van der Waals surface area contributed by atoms with E-state index < -0.39 is 0 Å². The van der Waals surface area contributed by atoms with Crippen molar-refractivity contribution in [2.24, 2.45) is 5.92 Å². The Morgan fingerprint density at radius 1 is 1.31 bits per heavy atom. The van der Waals surface area contributed by atoms with E-state index in [1.54, 1.807) is 0 Å². The molecular formula is C19H24N4O2S. The van der Waals surface area contributed by atoms with Gasteiger partial charge in [0.25, 0.3) is 5.91 Å². The molecule has 1 aromatic heterocycles. The number of amides is 1. The van der Waals surface area contributed by atoms with Gasteiger partial charge in [-0.25, -0.2) is 0 Å². The van der Waals surface area contributed by atoms with Crippen molar-refractivity contribution in [2.75, 3.05) is 25.1 Å². The Bertz CT molecular complexity index is 772. The minimum atomic E-state index is -0.129. The first-order valence-corrected chi connectivity index (χ1v) is 10.0. The molecule has 1 aliphatic heterocycles. The monoisotopic (exact) mass is 372 g/mol. The van der Waals surface area contributed by atoms with Crippen molar-refractivity contribution < 1.29 is 9.53 Å². The number of rotatable bonds is 6. The number of aryl methyl sites for hydroxylation is 1. The first-order chi connectivity index (χ1) is 12.7. The Morgan fingerprint density at radius 3 is 2.92 bits per heavy atom. The molecule has 1 aromatic carbocycles. The fourth-order valence-electron chi connectivity index (χ4n) is 3.48. The molecule has 138 valence electrons. The van der Waals surface area contributed by atoms with E-state index in [1.165, 1.54) is 16.9 Å². The maximum atomic E-state index is 12.4. The third-order valence-corrected chi connectivity index (χ3v) is 5.88. The molecule has 1 saturated carbocycles. The van der Waals surface area contributed by atoms with E-state index in [9.17, 15) is 4.79 Å². The Labute approximate surface area is 157 Å². The van der Waals surface area contributed by atoms with Crippen LogP contribution in [0.2, 0.25) is 0 Å². The summed E-state index contributed by atoms with van der Waals surface area (Å²) in [6, 6.07) is 8.46. The molecule has 2 aromatic rings. The summed E-state index contributed by atoms with van der Waals surface area (Å²) in [5.41, 5.74) is 1.90. The zero-order valence-corrected chi connectivity index (χ0v) is 15.7. The lowest BCUT2D eigenvalue weighted by Crippen LogP contribution is -2.29. The van der Waals surface area contributed by atoms with Gasteiger partial charge in [-0.15, -0.1) is 10.2 Å². The van der Waals surface area contributed by atoms with E-state index in [2.05, 4.69) is 26.9 Å². The molecule has 0 radical (unpaired) electrons. The van der Waals surface area contributed by atoms with Crippen LogP contribution in [0, 0.1) is 12.8 Å². The number of anilines is 1. The third-order valence-electron chi connectivity index (χ3n) is 5.12. The van der Waals surface area contributed by atoms with Crippen molar-refractivity contribution >= 4 is 22.4 Å². The third kappa shape index (κ3) is 4.28. The van der Waals surface area contributed by atoms with Crippen LogP contribution in [0.5, 0.6) is 0 Å². The summed E-state index contributed by atoms with van der Waals surface area (Å²) < 4.78 is 5.42. The largest absolute Gasteiger partial charge is 0.381 e. The summed E-state index contributed by atoms with van der Waals surface area (Å²) in [6.07, 6.45) is 3.46. The molecule has 2 heterocycles. The van der Waals surface area contributed by atoms with Crippen LogP contribution >= 0.6 is 11.3 Å². The maximum Gasteiger partial charge on any atom is 0.257 e. The molecule has 1 amide bonds. The highest BCUT2D eigenvalue weighted by molar-refractivity contribution is 7.15. The van der Waals surface area contributed by atoms with Gasteiger partial charge in [-0.2, -0.15) is 0 Å².